The Hall–Kier alpha value is -1.98. The molecule has 0 amide bonds. The Morgan fingerprint density at radius 3 is 1.93 bits per heavy atom. The van der Waals surface area contributed by atoms with Gasteiger partial charge in [0.25, 0.3) is 0 Å². The van der Waals surface area contributed by atoms with Crippen molar-refractivity contribution in [2.75, 3.05) is 0 Å². The molecule has 0 aliphatic carbocycles. The number of hydrogen-bond acceptors (Lipinski definition) is 3. The first-order chi connectivity index (χ1) is 12.9. The number of ether oxygens (including phenoxy) is 1. The van der Waals surface area contributed by atoms with Crippen LogP contribution in [0, 0.1) is 12.3 Å². The number of hydrogen-bond donors (Lipinski definition) is 1. The van der Waals surface area contributed by atoms with E-state index in [1.807, 2.05) is 64.1 Å². The van der Waals surface area contributed by atoms with Gasteiger partial charge in [-0.1, -0.05) is 50.6 Å². The number of rotatable bonds is 5. The summed E-state index contributed by atoms with van der Waals surface area (Å²) in [5, 5.41) is 0. The molecule has 5 heteroatoms. The van der Waals surface area contributed by atoms with Gasteiger partial charge < -0.3 is 4.74 Å². The van der Waals surface area contributed by atoms with Crippen molar-refractivity contribution in [2.45, 2.75) is 65.0 Å². The van der Waals surface area contributed by atoms with Gasteiger partial charge in [0.2, 0.25) is 0 Å². The molecular formula is C23H31NO3S. The molecule has 2 aromatic rings. The van der Waals surface area contributed by atoms with E-state index in [0.717, 1.165) is 16.0 Å². The molecule has 152 valence electrons. The molecule has 2 rings (SSSR count). The third-order valence-electron chi connectivity index (χ3n) is 4.20. The Labute approximate surface area is 171 Å². The second-order valence-corrected chi connectivity index (χ2v) is 10.4. The van der Waals surface area contributed by atoms with Crippen molar-refractivity contribution < 1.29 is 13.7 Å². The van der Waals surface area contributed by atoms with Crippen molar-refractivity contribution >= 4 is 17.0 Å². The molecule has 28 heavy (non-hydrogen) atoms. The smallest absolute Gasteiger partial charge is 0.338 e. The van der Waals surface area contributed by atoms with Crippen LogP contribution in [-0.2, 0) is 15.7 Å². The summed E-state index contributed by atoms with van der Waals surface area (Å²) in [6.07, 6.45) is 0. The minimum atomic E-state index is -1.34. The van der Waals surface area contributed by atoms with E-state index < -0.39 is 16.6 Å². The van der Waals surface area contributed by atoms with Gasteiger partial charge in [0.1, 0.15) is 16.6 Å². The second kappa shape index (κ2) is 8.58. The number of nitrogens with one attached hydrogen (secondary N) is 1. The van der Waals surface area contributed by atoms with Gasteiger partial charge in [-0.15, -0.1) is 0 Å². The van der Waals surface area contributed by atoms with E-state index in [2.05, 4.69) is 25.5 Å². The van der Waals surface area contributed by atoms with Gasteiger partial charge in [-0.25, -0.2) is 13.7 Å². The lowest BCUT2D eigenvalue weighted by Crippen LogP contribution is -2.33. The van der Waals surface area contributed by atoms with E-state index in [-0.39, 0.29) is 17.4 Å². The predicted molar refractivity (Wildman–Crippen MR) is 115 cm³/mol. The maximum atomic E-state index is 12.8. The maximum absolute atomic E-state index is 12.8. The average Bonchev–Trinajstić information content (AvgIpc) is 2.58. The highest BCUT2D eigenvalue weighted by Crippen LogP contribution is 2.34. The first-order valence-corrected chi connectivity index (χ1v) is 10.6. The fraction of sp³-hybridized carbons (Fsp3) is 0.435. The van der Waals surface area contributed by atoms with E-state index in [0.29, 0.717) is 5.56 Å². The summed E-state index contributed by atoms with van der Waals surface area (Å²) in [6.45, 7) is 13.8. The third kappa shape index (κ3) is 6.28. The van der Waals surface area contributed by atoms with Crippen LogP contribution < -0.4 is 4.72 Å². The van der Waals surface area contributed by atoms with Crippen LogP contribution in [0.15, 0.2) is 53.4 Å². The highest BCUT2D eigenvalue weighted by Gasteiger charge is 2.28. The van der Waals surface area contributed by atoms with Crippen molar-refractivity contribution in [3.63, 3.8) is 0 Å². The van der Waals surface area contributed by atoms with Crippen molar-refractivity contribution in [3.05, 3.63) is 65.2 Å². The maximum Gasteiger partial charge on any atom is 0.338 e. The van der Waals surface area contributed by atoms with Crippen molar-refractivity contribution in [1.29, 1.82) is 0 Å². The minimum Gasteiger partial charge on any atom is -0.456 e. The van der Waals surface area contributed by atoms with E-state index >= 15 is 0 Å². The molecule has 0 aliphatic heterocycles. The van der Waals surface area contributed by atoms with Crippen molar-refractivity contribution in [2.24, 2.45) is 5.41 Å². The number of benzene rings is 2. The minimum absolute atomic E-state index is 0.151. The zero-order chi connectivity index (χ0) is 21.1. The lowest BCUT2D eigenvalue weighted by molar-refractivity contribution is 0.00695. The highest BCUT2D eigenvalue weighted by atomic mass is 32.2. The van der Waals surface area contributed by atoms with Crippen LogP contribution in [0.2, 0.25) is 0 Å². The molecule has 0 aromatic heterocycles. The Kier molecular flexibility index (Phi) is 6.84. The monoisotopic (exact) mass is 401 g/mol. The zero-order valence-corrected chi connectivity index (χ0v) is 18.6. The summed E-state index contributed by atoms with van der Waals surface area (Å²) in [5.74, 6) is -0.345. The summed E-state index contributed by atoms with van der Waals surface area (Å²) in [4.78, 5) is 13.0. The second-order valence-electron chi connectivity index (χ2n) is 9.12. The zero-order valence-electron chi connectivity index (χ0n) is 17.8. The van der Waals surface area contributed by atoms with Crippen LogP contribution in [0.1, 0.15) is 69.1 Å². The molecule has 2 atom stereocenters. The molecule has 1 N–H and O–H groups in total. The summed E-state index contributed by atoms with van der Waals surface area (Å²) >= 11 is 0. The van der Waals surface area contributed by atoms with E-state index in [4.69, 9.17) is 4.74 Å². The molecule has 0 radical (unpaired) electrons. The van der Waals surface area contributed by atoms with Crippen LogP contribution in [0.5, 0.6) is 0 Å². The fourth-order valence-electron chi connectivity index (χ4n) is 2.73. The molecule has 0 unspecified atom stereocenters. The molecule has 0 aliphatic rings. The standard InChI is InChI=1S/C23H31NO3S/c1-16-8-14-19(15-9-16)28(26)24-20(22(2,3)4)17-10-12-18(13-11-17)21(25)27-23(5,6)7/h8-15,20,24H,1-7H3/t20-,28-/m0/s1. The lowest BCUT2D eigenvalue weighted by Gasteiger charge is -2.31. The highest BCUT2D eigenvalue weighted by molar-refractivity contribution is 7.83. The van der Waals surface area contributed by atoms with Crippen LogP contribution in [0.4, 0.5) is 0 Å². The van der Waals surface area contributed by atoms with Gasteiger partial charge in [-0.05, 0) is 62.9 Å². The molecule has 0 fully saturated rings. The predicted octanol–water partition coefficient (Wildman–Crippen LogP) is 5.35. The Bertz CT molecular complexity index is 828. The molecule has 4 nitrogen and oxygen atoms in total. The molecule has 0 heterocycles. The Balaban J connectivity index is 2.22. The lowest BCUT2D eigenvalue weighted by atomic mass is 9.83. The Morgan fingerprint density at radius 1 is 0.929 bits per heavy atom. The summed E-state index contributed by atoms with van der Waals surface area (Å²) in [5.41, 5.74) is 1.90. The van der Waals surface area contributed by atoms with Crippen molar-refractivity contribution in [1.82, 2.24) is 4.72 Å². The van der Waals surface area contributed by atoms with Crippen LogP contribution in [0.3, 0.4) is 0 Å². The van der Waals surface area contributed by atoms with Gasteiger partial charge >= 0.3 is 5.97 Å². The van der Waals surface area contributed by atoms with Crippen LogP contribution in [0.25, 0.3) is 0 Å². The molecule has 2 aromatic carbocycles. The summed E-state index contributed by atoms with van der Waals surface area (Å²) < 4.78 is 21.5. The van der Waals surface area contributed by atoms with E-state index in [1.165, 1.54) is 0 Å². The van der Waals surface area contributed by atoms with Crippen LogP contribution in [-0.4, -0.2) is 15.8 Å². The van der Waals surface area contributed by atoms with Gasteiger partial charge in [0.05, 0.1) is 10.5 Å². The van der Waals surface area contributed by atoms with Gasteiger partial charge in [-0.2, -0.15) is 0 Å². The topological polar surface area (TPSA) is 55.4 Å². The van der Waals surface area contributed by atoms with Crippen molar-refractivity contribution in [3.8, 4) is 0 Å². The molecule has 0 saturated heterocycles. The van der Waals surface area contributed by atoms with E-state index in [9.17, 15) is 9.00 Å². The summed E-state index contributed by atoms with van der Waals surface area (Å²) in [6, 6.07) is 14.8. The first kappa shape index (κ1) is 22.3. The largest absolute Gasteiger partial charge is 0.456 e. The molecular weight excluding hydrogens is 370 g/mol. The quantitative estimate of drug-likeness (QED) is 0.687. The third-order valence-corrected chi connectivity index (χ3v) is 5.35. The van der Waals surface area contributed by atoms with Gasteiger partial charge in [-0.3, -0.25) is 0 Å². The first-order valence-electron chi connectivity index (χ1n) is 9.45. The SMILES string of the molecule is Cc1ccc([S@](=O)N[C@@H](c2ccc(C(=O)OC(C)(C)C)cc2)C(C)(C)C)cc1. The van der Waals surface area contributed by atoms with Gasteiger partial charge in [0.15, 0.2) is 0 Å². The molecule has 0 saturated carbocycles. The number of carbonyl (C=O) groups is 1. The number of aryl methyl sites for hydroxylation is 1. The number of esters is 1. The van der Waals surface area contributed by atoms with E-state index in [1.54, 1.807) is 12.1 Å². The van der Waals surface area contributed by atoms with Crippen LogP contribution >= 0.6 is 0 Å². The van der Waals surface area contributed by atoms with Gasteiger partial charge in [0, 0.05) is 6.04 Å². The summed E-state index contributed by atoms with van der Waals surface area (Å²) in [7, 11) is -1.34. The molecule has 0 bridgehead atoms. The molecule has 0 spiro atoms. The average molecular weight is 402 g/mol. The Morgan fingerprint density at radius 2 is 1.46 bits per heavy atom. The fourth-order valence-corrected chi connectivity index (χ4v) is 3.95. The number of carbonyl (C=O) groups excluding carboxylic acids is 1. The normalized spacial score (nSPS) is 14.4.